The number of rotatable bonds is 9. The Bertz CT molecular complexity index is 843. The normalized spacial score (nSPS) is 13.6. The fourth-order valence-electron chi connectivity index (χ4n) is 3.85. The van der Waals surface area contributed by atoms with Crippen molar-refractivity contribution in [3.63, 3.8) is 0 Å². The molecule has 33 heavy (non-hydrogen) atoms. The highest BCUT2D eigenvalue weighted by atomic mass is 16.2. The maximum absolute atomic E-state index is 12.6. The number of amides is 2. The molecule has 0 bridgehead atoms. The van der Waals surface area contributed by atoms with Crippen molar-refractivity contribution in [2.75, 3.05) is 42.7 Å². The zero-order valence-electron chi connectivity index (χ0n) is 20.6. The average molecular weight is 453 g/mol. The number of unbranched alkanes of at least 4 members (excludes halogenated alkanes) is 1. The second-order valence-corrected chi connectivity index (χ2v) is 8.51. The van der Waals surface area contributed by atoms with Crippen LogP contribution < -0.4 is 20.9 Å². The van der Waals surface area contributed by atoms with E-state index in [0.717, 1.165) is 50.1 Å². The van der Waals surface area contributed by atoms with Gasteiger partial charge in [-0.1, -0.05) is 26.7 Å². The van der Waals surface area contributed by atoms with Gasteiger partial charge in [0.25, 0.3) is 5.91 Å². The van der Waals surface area contributed by atoms with E-state index < -0.39 is 0 Å². The Balaban J connectivity index is 0.00000122. The van der Waals surface area contributed by atoms with E-state index in [0.29, 0.717) is 5.56 Å². The third kappa shape index (κ3) is 8.54. The predicted octanol–water partition coefficient (Wildman–Crippen LogP) is 5.53. The first-order chi connectivity index (χ1) is 16.0. The minimum Gasteiger partial charge on any atom is -0.372 e. The van der Waals surface area contributed by atoms with Gasteiger partial charge in [0.15, 0.2) is 0 Å². The summed E-state index contributed by atoms with van der Waals surface area (Å²) in [6.45, 7) is 6.39. The minimum absolute atomic E-state index is 0.0384. The van der Waals surface area contributed by atoms with Crippen LogP contribution in [-0.2, 0) is 4.79 Å². The van der Waals surface area contributed by atoms with Crippen molar-refractivity contribution >= 4 is 28.9 Å². The summed E-state index contributed by atoms with van der Waals surface area (Å²) in [4.78, 5) is 27.4. The molecule has 2 aromatic carbocycles. The van der Waals surface area contributed by atoms with Crippen LogP contribution in [0.15, 0.2) is 48.5 Å². The molecule has 0 aromatic heterocycles. The number of nitrogens with zero attached hydrogens (tertiary/aromatic N) is 1. The second kappa shape index (κ2) is 14.3. The Morgan fingerprint density at radius 3 is 1.97 bits per heavy atom. The SMILES string of the molecule is CCCCC(CC)C(=O)Nc1ccc(C(=O)Nc2ccc(N3CCCC3)cc2)cc1.CNC. The van der Waals surface area contributed by atoms with E-state index >= 15 is 0 Å². The van der Waals surface area contributed by atoms with Gasteiger partial charge in [-0.05, 0) is 88.3 Å². The Morgan fingerprint density at radius 1 is 0.879 bits per heavy atom. The van der Waals surface area contributed by atoms with Crippen molar-refractivity contribution in [3.05, 3.63) is 54.1 Å². The summed E-state index contributed by atoms with van der Waals surface area (Å²) in [5, 5.41) is 8.67. The van der Waals surface area contributed by atoms with E-state index in [-0.39, 0.29) is 17.7 Å². The van der Waals surface area contributed by atoms with Gasteiger partial charge < -0.3 is 20.9 Å². The molecule has 3 rings (SSSR count). The van der Waals surface area contributed by atoms with E-state index in [4.69, 9.17) is 0 Å². The van der Waals surface area contributed by atoms with Crippen LogP contribution in [0.1, 0.15) is 62.7 Å². The van der Waals surface area contributed by atoms with Crippen molar-refractivity contribution < 1.29 is 9.59 Å². The zero-order valence-corrected chi connectivity index (χ0v) is 20.6. The Hall–Kier alpha value is -2.86. The lowest BCUT2D eigenvalue weighted by molar-refractivity contribution is -0.120. The molecular weight excluding hydrogens is 412 g/mol. The van der Waals surface area contributed by atoms with Crippen molar-refractivity contribution in [1.29, 1.82) is 0 Å². The molecule has 2 aromatic rings. The highest BCUT2D eigenvalue weighted by Crippen LogP contribution is 2.22. The number of carbonyl (C=O) groups excluding carboxylic acids is 2. The number of hydrogen-bond acceptors (Lipinski definition) is 4. The van der Waals surface area contributed by atoms with E-state index in [1.54, 1.807) is 24.3 Å². The molecule has 2 amide bonds. The molecular formula is C27H40N4O2. The molecule has 1 aliphatic heterocycles. The van der Waals surface area contributed by atoms with E-state index in [2.05, 4.69) is 39.9 Å². The molecule has 1 atom stereocenters. The monoisotopic (exact) mass is 452 g/mol. The van der Waals surface area contributed by atoms with Gasteiger partial charge in [0.05, 0.1) is 0 Å². The zero-order chi connectivity index (χ0) is 24.1. The molecule has 6 heteroatoms. The molecule has 3 N–H and O–H groups in total. The highest BCUT2D eigenvalue weighted by Gasteiger charge is 2.16. The molecule has 1 unspecified atom stereocenters. The third-order valence-corrected chi connectivity index (χ3v) is 5.78. The summed E-state index contributed by atoms with van der Waals surface area (Å²) in [7, 11) is 3.75. The molecule has 1 fully saturated rings. The second-order valence-electron chi connectivity index (χ2n) is 8.51. The first kappa shape index (κ1) is 26.4. The predicted molar refractivity (Wildman–Crippen MR) is 139 cm³/mol. The van der Waals surface area contributed by atoms with Gasteiger partial charge in [0, 0.05) is 41.6 Å². The number of carbonyl (C=O) groups is 2. The maximum Gasteiger partial charge on any atom is 0.255 e. The molecule has 0 spiro atoms. The summed E-state index contributed by atoms with van der Waals surface area (Å²) in [5.41, 5.74) is 3.27. The molecule has 180 valence electrons. The minimum atomic E-state index is -0.156. The van der Waals surface area contributed by atoms with Gasteiger partial charge in [-0.15, -0.1) is 0 Å². The first-order valence-electron chi connectivity index (χ1n) is 12.2. The fourth-order valence-corrected chi connectivity index (χ4v) is 3.85. The third-order valence-electron chi connectivity index (χ3n) is 5.78. The lowest BCUT2D eigenvalue weighted by atomic mass is 9.98. The number of nitrogens with one attached hydrogen (secondary N) is 3. The van der Waals surface area contributed by atoms with Crippen LogP contribution in [0.25, 0.3) is 0 Å². The van der Waals surface area contributed by atoms with E-state index in [1.807, 2.05) is 33.2 Å². The van der Waals surface area contributed by atoms with Crippen LogP contribution in [0.3, 0.4) is 0 Å². The summed E-state index contributed by atoms with van der Waals surface area (Å²) in [6.07, 6.45) is 6.39. The quantitative estimate of drug-likeness (QED) is 0.468. The maximum atomic E-state index is 12.6. The van der Waals surface area contributed by atoms with Crippen LogP contribution in [-0.4, -0.2) is 39.0 Å². The Morgan fingerprint density at radius 2 is 1.42 bits per heavy atom. The van der Waals surface area contributed by atoms with Crippen molar-refractivity contribution in [2.45, 2.75) is 52.4 Å². The number of benzene rings is 2. The summed E-state index contributed by atoms with van der Waals surface area (Å²) >= 11 is 0. The number of anilines is 3. The molecule has 0 saturated carbocycles. The molecule has 1 saturated heterocycles. The summed E-state index contributed by atoms with van der Waals surface area (Å²) < 4.78 is 0. The molecule has 0 radical (unpaired) electrons. The molecule has 6 nitrogen and oxygen atoms in total. The van der Waals surface area contributed by atoms with Gasteiger partial charge in [0.2, 0.25) is 5.91 Å². The van der Waals surface area contributed by atoms with Crippen molar-refractivity contribution in [3.8, 4) is 0 Å². The van der Waals surface area contributed by atoms with Gasteiger partial charge in [-0.25, -0.2) is 0 Å². The van der Waals surface area contributed by atoms with E-state index in [1.165, 1.54) is 18.5 Å². The van der Waals surface area contributed by atoms with Crippen LogP contribution in [0.5, 0.6) is 0 Å². The van der Waals surface area contributed by atoms with Gasteiger partial charge in [-0.2, -0.15) is 0 Å². The van der Waals surface area contributed by atoms with Crippen LogP contribution in [0.2, 0.25) is 0 Å². The standard InChI is InChI=1S/C25H33N3O2.C2H7N/c1-3-5-8-19(4-2)24(29)26-21-11-9-20(10-12-21)25(30)27-22-13-15-23(16-14-22)28-17-6-7-18-28;1-3-2/h9-16,19H,3-8,17-18H2,1-2H3,(H,26,29)(H,27,30);3H,1-2H3. The topological polar surface area (TPSA) is 73.5 Å². The van der Waals surface area contributed by atoms with Gasteiger partial charge in [-0.3, -0.25) is 9.59 Å². The molecule has 1 heterocycles. The molecule has 1 aliphatic rings. The lowest BCUT2D eigenvalue weighted by Gasteiger charge is -2.17. The van der Waals surface area contributed by atoms with Gasteiger partial charge in [0.1, 0.15) is 0 Å². The van der Waals surface area contributed by atoms with Gasteiger partial charge >= 0.3 is 0 Å². The number of hydrogen-bond donors (Lipinski definition) is 3. The first-order valence-corrected chi connectivity index (χ1v) is 12.2. The van der Waals surface area contributed by atoms with Crippen molar-refractivity contribution in [1.82, 2.24) is 5.32 Å². The average Bonchev–Trinajstić information content (AvgIpc) is 3.36. The van der Waals surface area contributed by atoms with Crippen LogP contribution in [0, 0.1) is 5.92 Å². The summed E-state index contributed by atoms with van der Waals surface area (Å²) in [6, 6.07) is 15.1. The fraction of sp³-hybridized carbons (Fsp3) is 0.481. The lowest BCUT2D eigenvalue weighted by Crippen LogP contribution is -2.22. The van der Waals surface area contributed by atoms with Crippen LogP contribution in [0.4, 0.5) is 17.1 Å². The Kier molecular flexibility index (Phi) is 11.5. The van der Waals surface area contributed by atoms with Crippen LogP contribution >= 0.6 is 0 Å². The van der Waals surface area contributed by atoms with E-state index in [9.17, 15) is 9.59 Å². The molecule has 0 aliphatic carbocycles. The largest absolute Gasteiger partial charge is 0.372 e. The van der Waals surface area contributed by atoms with Crippen molar-refractivity contribution in [2.24, 2.45) is 5.92 Å². The summed E-state index contributed by atoms with van der Waals surface area (Å²) in [5.74, 6) is -0.0612. The smallest absolute Gasteiger partial charge is 0.255 e. The highest BCUT2D eigenvalue weighted by molar-refractivity contribution is 6.04. The Labute approximate surface area is 199 Å².